The molecule has 0 radical (unpaired) electrons. The topological polar surface area (TPSA) is 26.3 Å². The number of rotatable bonds is 5. The summed E-state index contributed by atoms with van der Waals surface area (Å²) in [6, 6.07) is 0. The number of fused-ring (bicyclic) bond motifs is 5. The van der Waals surface area contributed by atoms with Gasteiger partial charge < -0.3 is 4.74 Å². The van der Waals surface area contributed by atoms with Crippen molar-refractivity contribution in [3.63, 3.8) is 0 Å². The van der Waals surface area contributed by atoms with E-state index in [0.29, 0.717) is 16.7 Å². The summed E-state index contributed by atoms with van der Waals surface area (Å²) in [5.74, 6) is 3.87. The van der Waals surface area contributed by atoms with E-state index in [1.807, 2.05) is 5.57 Å². The zero-order chi connectivity index (χ0) is 22.4. The normalized spacial score (nSPS) is 42.5. The standard InChI is InChI=1S/C29H46O2/c1-19(2)8-7-9-20(3)25-12-13-26-24-11-10-22-18-23(31-21(4)30)14-16-28(22,5)27(24)15-17-29(25,26)6/h8,11,20,22-23,25-27H,7,9-10,12-18H2,1-6H3/t20-,22+,23+,25-,26+,27+,28+,29-/m1/s1. The summed E-state index contributed by atoms with van der Waals surface area (Å²) in [5, 5.41) is 0. The number of hydrogen-bond donors (Lipinski definition) is 0. The van der Waals surface area contributed by atoms with Gasteiger partial charge in [-0.1, -0.05) is 44.1 Å². The van der Waals surface area contributed by atoms with E-state index in [0.717, 1.165) is 36.5 Å². The Morgan fingerprint density at radius 2 is 1.81 bits per heavy atom. The second kappa shape index (κ2) is 8.71. The van der Waals surface area contributed by atoms with Gasteiger partial charge in [0.05, 0.1) is 0 Å². The van der Waals surface area contributed by atoms with Crippen LogP contribution in [0.15, 0.2) is 23.3 Å². The first kappa shape index (κ1) is 23.1. The molecule has 3 fully saturated rings. The number of ether oxygens (including phenoxy) is 1. The zero-order valence-corrected chi connectivity index (χ0v) is 21.0. The van der Waals surface area contributed by atoms with Gasteiger partial charge in [-0.3, -0.25) is 4.79 Å². The van der Waals surface area contributed by atoms with Gasteiger partial charge in [0.25, 0.3) is 0 Å². The molecule has 0 aromatic carbocycles. The fraction of sp³-hybridized carbons (Fsp3) is 0.828. The molecule has 0 bridgehead atoms. The minimum absolute atomic E-state index is 0.107. The van der Waals surface area contributed by atoms with Crippen molar-refractivity contribution >= 4 is 5.97 Å². The van der Waals surface area contributed by atoms with Gasteiger partial charge in [0.2, 0.25) is 0 Å². The highest BCUT2D eigenvalue weighted by molar-refractivity contribution is 5.66. The van der Waals surface area contributed by atoms with Crippen LogP contribution in [0.4, 0.5) is 0 Å². The van der Waals surface area contributed by atoms with Crippen molar-refractivity contribution in [2.75, 3.05) is 0 Å². The molecule has 0 spiro atoms. The van der Waals surface area contributed by atoms with E-state index < -0.39 is 0 Å². The fourth-order valence-corrected chi connectivity index (χ4v) is 8.63. The molecule has 2 heteroatoms. The first-order chi connectivity index (χ1) is 14.6. The van der Waals surface area contributed by atoms with E-state index in [1.54, 1.807) is 6.92 Å². The third-order valence-corrected chi connectivity index (χ3v) is 10.3. The Balaban J connectivity index is 1.49. The highest BCUT2D eigenvalue weighted by Gasteiger charge is 2.58. The summed E-state index contributed by atoms with van der Waals surface area (Å²) in [7, 11) is 0. The maximum Gasteiger partial charge on any atom is 0.302 e. The summed E-state index contributed by atoms with van der Waals surface area (Å²) in [6.07, 6.45) is 18.0. The molecule has 0 aromatic rings. The van der Waals surface area contributed by atoms with Gasteiger partial charge >= 0.3 is 5.97 Å². The van der Waals surface area contributed by atoms with E-state index in [4.69, 9.17) is 4.74 Å². The van der Waals surface area contributed by atoms with Gasteiger partial charge in [-0.15, -0.1) is 0 Å². The Bertz CT molecular complexity index is 744. The Hall–Kier alpha value is -1.05. The summed E-state index contributed by atoms with van der Waals surface area (Å²) in [6.45, 7) is 13.8. The average Bonchev–Trinajstić information content (AvgIpc) is 3.05. The maximum absolute atomic E-state index is 11.5. The van der Waals surface area contributed by atoms with Crippen LogP contribution < -0.4 is 0 Å². The molecule has 4 aliphatic rings. The van der Waals surface area contributed by atoms with Crippen LogP contribution in [0, 0.1) is 40.4 Å². The predicted octanol–water partition coefficient (Wildman–Crippen LogP) is 7.88. The van der Waals surface area contributed by atoms with E-state index in [-0.39, 0.29) is 12.1 Å². The molecule has 2 nitrogen and oxygen atoms in total. The number of carbonyl (C=O) groups excluding carboxylic acids is 1. The molecule has 174 valence electrons. The first-order valence-corrected chi connectivity index (χ1v) is 13.2. The van der Waals surface area contributed by atoms with Gasteiger partial charge in [0.15, 0.2) is 0 Å². The lowest BCUT2D eigenvalue weighted by molar-refractivity contribution is -0.152. The molecule has 0 heterocycles. The monoisotopic (exact) mass is 426 g/mol. The molecular weight excluding hydrogens is 380 g/mol. The molecular formula is C29H46O2. The van der Waals surface area contributed by atoms with Crippen LogP contribution in [0.2, 0.25) is 0 Å². The molecule has 0 aliphatic heterocycles. The number of allylic oxidation sites excluding steroid dienone is 4. The van der Waals surface area contributed by atoms with Crippen LogP contribution in [0.5, 0.6) is 0 Å². The highest BCUT2D eigenvalue weighted by atomic mass is 16.5. The molecule has 8 atom stereocenters. The predicted molar refractivity (Wildman–Crippen MR) is 129 cm³/mol. The third kappa shape index (κ3) is 4.18. The van der Waals surface area contributed by atoms with E-state index in [1.165, 1.54) is 56.9 Å². The molecule has 0 saturated heterocycles. The van der Waals surface area contributed by atoms with Crippen molar-refractivity contribution in [3.8, 4) is 0 Å². The summed E-state index contributed by atoms with van der Waals surface area (Å²) >= 11 is 0. The maximum atomic E-state index is 11.5. The SMILES string of the molecule is CC(=O)O[C@H]1CC[C@@]2(C)[C@@H](CC=C3[C@@H]2CC[C@]2(C)[C@@H]([C@H](C)CCC=C(C)C)CC[C@@H]32)C1. The van der Waals surface area contributed by atoms with Crippen LogP contribution >= 0.6 is 0 Å². The van der Waals surface area contributed by atoms with Crippen molar-refractivity contribution in [1.82, 2.24) is 0 Å². The number of esters is 1. The Morgan fingerprint density at radius 3 is 2.52 bits per heavy atom. The van der Waals surface area contributed by atoms with Crippen LogP contribution in [0.25, 0.3) is 0 Å². The highest BCUT2D eigenvalue weighted by Crippen LogP contribution is 2.67. The Kier molecular flexibility index (Phi) is 6.50. The first-order valence-electron chi connectivity index (χ1n) is 13.2. The Labute approximate surface area is 191 Å². The van der Waals surface area contributed by atoms with Crippen molar-refractivity contribution in [3.05, 3.63) is 23.3 Å². The van der Waals surface area contributed by atoms with Crippen molar-refractivity contribution in [2.45, 2.75) is 112 Å². The van der Waals surface area contributed by atoms with Gasteiger partial charge in [-0.05, 0) is 118 Å². The Morgan fingerprint density at radius 1 is 1.10 bits per heavy atom. The van der Waals surface area contributed by atoms with Crippen molar-refractivity contribution in [1.29, 1.82) is 0 Å². The van der Waals surface area contributed by atoms with E-state index >= 15 is 0 Å². The number of carbonyl (C=O) groups is 1. The van der Waals surface area contributed by atoms with Gasteiger partial charge in [-0.2, -0.15) is 0 Å². The quantitative estimate of drug-likeness (QED) is 0.330. The van der Waals surface area contributed by atoms with Gasteiger partial charge in [0, 0.05) is 6.92 Å². The lowest BCUT2D eigenvalue weighted by atomic mass is 9.47. The second-order valence-electron chi connectivity index (χ2n) is 12.3. The minimum atomic E-state index is -0.107. The van der Waals surface area contributed by atoms with Gasteiger partial charge in [0.1, 0.15) is 6.10 Å². The third-order valence-electron chi connectivity index (χ3n) is 10.3. The van der Waals surface area contributed by atoms with Crippen LogP contribution in [-0.2, 0) is 9.53 Å². The molecule has 31 heavy (non-hydrogen) atoms. The van der Waals surface area contributed by atoms with Crippen LogP contribution in [0.3, 0.4) is 0 Å². The average molecular weight is 427 g/mol. The van der Waals surface area contributed by atoms with E-state index in [9.17, 15) is 4.79 Å². The van der Waals surface area contributed by atoms with Crippen molar-refractivity contribution in [2.24, 2.45) is 40.4 Å². The molecule has 3 saturated carbocycles. The molecule has 0 amide bonds. The summed E-state index contributed by atoms with van der Waals surface area (Å²) in [4.78, 5) is 11.5. The minimum Gasteiger partial charge on any atom is -0.463 e. The number of hydrogen-bond acceptors (Lipinski definition) is 2. The summed E-state index contributed by atoms with van der Waals surface area (Å²) < 4.78 is 5.63. The molecule has 0 aromatic heterocycles. The van der Waals surface area contributed by atoms with Crippen LogP contribution in [0.1, 0.15) is 106 Å². The molecule has 4 rings (SSSR count). The lowest BCUT2D eigenvalue weighted by Crippen LogP contribution is -2.50. The lowest BCUT2D eigenvalue weighted by Gasteiger charge is -2.58. The van der Waals surface area contributed by atoms with E-state index in [2.05, 4.69) is 46.8 Å². The fourth-order valence-electron chi connectivity index (χ4n) is 8.63. The van der Waals surface area contributed by atoms with Crippen molar-refractivity contribution < 1.29 is 9.53 Å². The molecule has 0 N–H and O–H groups in total. The summed E-state index contributed by atoms with van der Waals surface area (Å²) in [5.41, 5.74) is 4.22. The van der Waals surface area contributed by atoms with Crippen LogP contribution in [-0.4, -0.2) is 12.1 Å². The zero-order valence-electron chi connectivity index (χ0n) is 21.0. The smallest absolute Gasteiger partial charge is 0.302 e. The molecule has 4 aliphatic carbocycles. The largest absolute Gasteiger partial charge is 0.463 e. The molecule has 0 unspecified atom stereocenters. The second-order valence-corrected chi connectivity index (χ2v) is 12.3. The van der Waals surface area contributed by atoms with Gasteiger partial charge in [-0.25, -0.2) is 0 Å².